The van der Waals surface area contributed by atoms with Crippen molar-refractivity contribution in [2.75, 3.05) is 6.61 Å². The van der Waals surface area contributed by atoms with Crippen molar-refractivity contribution >= 4 is 17.9 Å². The molecule has 1 aliphatic carbocycles. The van der Waals surface area contributed by atoms with Gasteiger partial charge < -0.3 is 24.1 Å². The molecular weight excluding hydrogens is 392 g/mol. The molecule has 0 saturated carbocycles. The van der Waals surface area contributed by atoms with Crippen molar-refractivity contribution < 1.29 is 38.4 Å². The van der Waals surface area contributed by atoms with Crippen LogP contribution in [0.15, 0.2) is 34.6 Å². The Morgan fingerprint density at radius 3 is 2.67 bits per heavy atom. The number of carbonyl (C=O) groups is 3. The average Bonchev–Trinajstić information content (AvgIpc) is 3.19. The molecule has 3 aliphatic rings. The Morgan fingerprint density at radius 1 is 1.33 bits per heavy atom. The summed E-state index contributed by atoms with van der Waals surface area (Å²) in [7, 11) is 0. The molecule has 0 bridgehead atoms. The monoisotopic (exact) mass is 420 g/mol. The van der Waals surface area contributed by atoms with Gasteiger partial charge in [-0.25, -0.2) is 9.59 Å². The predicted octanol–water partition coefficient (Wildman–Crippen LogP) is 2.26. The number of esters is 3. The van der Waals surface area contributed by atoms with E-state index in [4.69, 9.17) is 18.9 Å². The lowest BCUT2D eigenvalue weighted by atomic mass is 9.86. The van der Waals surface area contributed by atoms with Crippen LogP contribution < -0.4 is 0 Å². The third-order valence-corrected chi connectivity index (χ3v) is 5.77. The maximum absolute atomic E-state index is 12.6. The van der Waals surface area contributed by atoms with Crippen molar-refractivity contribution in [3.63, 3.8) is 0 Å². The second kappa shape index (κ2) is 8.00. The highest BCUT2D eigenvalue weighted by molar-refractivity contribution is 5.96. The lowest BCUT2D eigenvalue weighted by Crippen LogP contribution is -2.31. The van der Waals surface area contributed by atoms with Crippen LogP contribution in [0.25, 0.3) is 0 Å². The van der Waals surface area contributed by atoms with E-state index >= 15 is 0 Å². The second-order valence-corrected chi connectivity index (χ2v) is 8.46. The molecule has 0 aromatic carbocycles. The number of ether oxygens (including phenoxy) is 4. The van der Waals surface area contributed by atoms with Gasteiger partial charge in [0.15, 0.2) is 0 Å². The predicted molar refractivity (Wildman–Crippen MR) is 105 cm³/mol. The van der Waals surface area contributed by atoms with E-state index in [1.807, 2.05) is 6.92 Å². The minimum absolute atomic E-state index is 0.0876. The molecular formula is C22H28O8. The third kappa shape index (κ3) is 4.65. The highest BCUT2D eigenvalue weighted by Gasteiger charge is 2.55. The van der Waals surface area contributed by atoms with Crippen LogP contribution in [0.3, 0.4) is 0 Å². The number of hydrogen-bond acceptors (Lipinski definition) is 8. The summed E-state index contributed by atoms with van der Waals surface area (Å²) in [5.74, 6) is -1.68. The SMILES string of the molecule is C/C=C(/C)C(=O)O[C@H]1C[C@@]2(C)O[C@@H]2CC[C@](C)(O)/C=C2\OC(=O)C(COC(C)=O)=C21. The maximum Gasteiger partial charge on any atom is 0.343 e. The molecule has 30 heavy (non-hydrogen) atoms. The highest BCUT2D eigenvalue weighted by atomic mass is 16.6. The molecule has 164 valence electrons. The number of hydrogen-bond donors (Lipinski definition) is 1. The van der Waals surface area contributed by atoms with Gasteiger partial charge in [0, 0.05) is 24.5 Å². The number of fused-ring (bicyclic) bond motifs is 2. The second-order valence-electron chi connectivity index (χ2n) is 8.46. The molecule has 1 saturated heterocycles. The van der Waals surface area contributed by atoms with Crippen molar-refractivity contribution in [1.82, 2.24) is 0 Å². The largest absolute Gasteiger partial charge is 0.461 e. The summed E-state index contributed by atoms with van der Waals surface area (Å²) in [4.78, 5) is 36.5. The van der Waals surface area contributed by atoms with E-state index in [0.717, 1.165) is 0 Å². The van der Waals surface area contributed by atoms with E-state index in [2.05, 4.69) is 0 Å². The average molecular weight is 420 g/mol. The number of rotatable bonds is 4. The summed E-state index contributed by atoms with van der Waals surface area (Å²) >= 11 is 0. The number of carbonyl (C=O) groups excluding carboxylic acids is 3. The molecule has 2 aliphatic heterocycles. The minimum Gasteiger partial charge on any atom is -0.461 e. The Morgan fingerprint density at radius 2 is 2.03 bits per heavy atom. The first-order chi connectivity index (χ1) is 14.0. The fourth-order valence-electron chi connectivity index (χ4n) is 3.77. The first-order valence-corrected chi connectivity index (χ1v) is 10.0. The van der Waals surface area contributed by atoms with E-state index < -0.39 is 35.2 Å². The molecule has 2 heterocycles. The smallest absolute Gasteiger partial charge is 0.343 e. The lowest BCUT2D eigenvalue weighted by Gasteiger charge is -2.26. The first kappa shape index (κ1) is 22.2. The quantitative estimate of drug-likeness (QED) is 0.319. The topological polar surface area (TPSA) is 112 Å². The van der Waals surface area contributed by atoms with E-state index in [1.165, 1.54) is 13.0 Å². The summed E-state index contributed by atoms with van der Waals surface area (Å²) < 4.78 is 22.1. The van der Waals surface area contributed by atoms with Gasteiger partial charge in [0.2, 0.25) is 0 Å². The maximum atomic E-state index is 12.6. The van der Waals surface area contributed by atoms with Crippen LogP contribution in [0.1, 0.15) is 53.9 Å². The zero-order valence-electron chi connectivity index (χ0n) is 17.9. The van der Waals surface area contributed by atoms with Crippen LogP contribution >= 0.6 is 0 Å². The number of aliphatic hydroxyl groups is 1. The summed E-state index contributed by atoms with van der Waals surface area (Å²) in [6.07, 6.45) is 3.42. The van der Waals surface area contributed by atoms with Crippen LogP contribution in [0.4, 0.5) is 0 Å². The van der Waals surface area contributed by atoms with Crippen LogP contribution in [-0.4, -0.2) is 53.0 Å². The van der Waals surface area contributed by atoms with Gasteiger partial charge in [-0.3, -0.25) is 4.79 Å². The van der Waals surface area contributed by atoms with E-state index in [0.29, 0.717) is 30.4 Å². The number of allylic oxidation sites excluding steroid dienone is 1. The van der Waals surface area contributed by atoms with Gasteiger partial charge in [-0.15, -0.1) is 0 Å². The summed E-state index contributed by atoms with van der Waals surface area (Å²) in [6.45, 7) is 7.79. The Balaban J connectivity index is 2.10. The molecule has 0 aromatic rings. The van der Waals surface area contributed by atoms with Crippen LogP contribution in [0, 0.1) is 0 Å². The Labute approximate surface area is 175 Å². The molecule has 0 unspecified atom stereocenters. The third-order valence-electron chi connectivity index (χ3n) is 5.77. The summed E-state index contributed by atoms with van der Waals surface area (Å²) in [6, 6.07) is 0. The standard InChI is InChI=1S/C22H28O8/c1-6-12(2)19(24)28-16-10-22(5)17(30-22)7-8-21(4,26)9-15-18(16)14(20(25)29-15)11-27-13(3)23/h6,9,16-17,26H,7-8,10-11H2,1-5H3/b12-6-,15-9-/t16-,17+,21-,22+/m0/s1. The fourth-order valence-corrected chi connectivity index (χ4v) is 3.77. The number of epoxide rings is 1. The van der Waals surface area contributed by atoms with Gasteiger partial charge >= 0.3 is 17.9 Å². The molecule has 0 spiro atoms. The van der Waals surface area contributed by atoms with Crippen molar-refractivity contribution in [3.8, 4) is 0 Å². The van der Waals surface area contributed by atoms with Gasteiger partial charge in [-0.1, -0.05) is 6.08 Å². The van der Waals surface area contributed by atoms with Gasteiger partial charge in [0.1, 0.15) is 18.5 Å². The van der Waals surface area contributed by atoms with Crippen LogP contribution in [0.2, 0.25) is 0 Å². The normalized spacial score (nSPS) is 35.5. The lowest BCUT2D eigenvalue weighted by molar-refractivity contribution is -0.144. The van der Waals surface area contributed by atoms with Crippen LogP contribution in [0.5, 0.6) is 0 Å². The fraction of sp³-hybridized carbons (Fsp3) is 0.591. The molecule has 8 heteroatoms. The highest BCUT2D eigenvalue weighted by Crippen LogP contribution is 2.48. The molecule has 4 atom stereocenters. The van der Waals surface area contributed by atoms with Gasteiger partial charge in [-0.2, -0.15) is 0 Å². The van der Waals surface area contributed by atoms with Crippen molar-refractivity contribution in [3.05, 3.63) is 34.6 Å². The van der Waals surface area contributed by atoms with E-state index in [1.54, 1.807) is 26.8 Å². The minimum atomic E-state index is -1.27. The van der Waals surface area contributed by atoms with E-state index in [-0.39, 0.29) is 24.0 Å². The molecule has 3 rings (SSSR count). The van der Waals surface area contributed by atoms with Crippen LogP contribution in [-0.2, 0) is 33.3 Å². The molecule has 8 nitrogen and oxygen atoms in total. The molecule has 1 N–H and O–H groups in total. The van der Waals surface area contributed by atoms with E-state index in [9.17, 15) is 19.5 Å². The van der Waals surface area contributed by atoms with Gasteiger partial charge in [0.05, 0.1) is 22.9 Å². The molecule has 1 fully saturated rings. The van der Waals surface area contributed by atoms with Gasteiger partial charge in [0.25, 0.3) is 0 Å². The van der Waals surface area contributed by atoms with Crippen molar-refractivity contribution in [2.24, 2.45) is 0 Å². The van der Waals surface area contributed by atoms with Crippen molar-refractivity contribution in [2.45, 2.75) is 77.3 Å². The molecule has 0 aromatic heterocycles. The zero-order valence-corrected chi connectivity index (χ0v) is 17.9. The van der Waals surface area contributed by atoms with Crippen molar-refractivity contribution in [1.29, 1.82) is 0 Å². The first-order valence-electron chi connectivity index (χ1n) is 10.0. The zero-order chi connectivity index (χ0) is 22.3. The Kier molecular flexibility index (Phi) is 5.93. The Bertz CT molecular complexity index is 862. The Hall–Kier alpha value is -2.45. The summed E-state index contributed by atoms with van der Waals surface area (Å²) in [5.41, 5.74) is -1.04. The molecule has 0 radical (unpaired) electrons. The molecule has 0 amide bonds. The van der Waals surface area contributed by atoms with Gasteiger partial charge in [-0.05, 0) is 46.6 Å². The summed E-state index contributed by atoms with van der Waals surface area (Å²) in [5, 5.41) is 10.8.